The molecule has 1 rings (SSSR count). The summed E-state index contributed by atoms with van der Waals surface area (Å²) in [5.74, 6) is 0. The third-order valence-electron chi connectivity index (χ3n) is 3.15. The lowest BCUT2D eigenvalue weighted by Crippen LogP contribution is -2.33. The van der Waals surface area contributed by atoms with E-state index >= 15 is 0 Å². The molecule has 0 spiro atoms. The normalized spacial score (nSPS) is 33.5. The van der Waals surface area contributed by atoms with Crippen molar-refractivity contribution in [3.05, 3.63) is 0 Å². The van der Waals surface area contributed by atoms with Gasteiger partial charge in [-0.2, -0.15) is 0 Å². The second kappa shape index (κ2) is 4.16. The molecule has 0 aromatic heterocycles. The molecule has 0 amide bonds. The number of methoxy groups -OCH3 is 1. The largest absolute Gasteiger partial charge is 0.384 e. The van der Waals surface area contributed by atoms with Crippen molar-refractivity contribution in [2.75, 3.05) is 26.5 Å². The van der Waals surface area contributed by atoms with Crippen LogP contribution in [-0.2, 0) is 14.6 Å². The highest BCUT2D eigenvalue weighted by atomic mass is 32.2. The van der Waals surface area contributed by atoms with Crippen LogP contribution < -0.4 is 5.73 Å². The van der Waals surface area contributed by atoms with Crippen LogP contribution in [0.25, 0.3) is 0 Å². The molecule has 0 aliphatic heterocycles. The summed E-state index contributed by atoms with van der Waals surface area (Å²) in [4.78, 5) is 0. The van der Waals surface area contributed by atoms with Crippen molar-refractivity contribution in [3.63, 3.8) is 0 Å². The molecule has 0 aromatic carbocycles. The molecule has 2 N–H and O–H groups in total. The smallest absolute Gasteiger partial charge is 0.150 e. The predicted octanol–water partition coefficient (Wildman–Crippen LogP) is 0.175. The van der Waals surface area contributed by atoms with Crippen molar-refractivity contribution in [1.82, 2.24) is 0 Å². The molecule has 2 atom stereocenters. The summed E-state index contributed by atoms with van der Waals surface area (Å²) in [5, 5.41) is -0.221. The SMILES string of the molecule is COC[C@]1(CN)CC[C@H](S(C)(=O)=O)C1. The minimum absolute atomic E-state index is 0.109. The van der Waals surface area contributed by atoms with Crippen LogP contribution >= 0.6 is 0 Å². The van der Waals surface area contributed by atoms with E-state index in [0.717, 1.165) is 12.8 Å². The maximum Gasteiger partial charge on any atom is 0.150 e. The van der Waals surface area contributed by atoms with Crippen LogP contribution in [-0.4, -0.2) is 40.2 Å². The van der Waals surface area contributed by atoms with Gasteiger partial charge >= 0.3 is 0 Å². The molecule has 0 heterocycles. The van der Waals surface area contributed by atoms with Gasteiger partial charge in [0.1, 0.15) is 9.84 Å². The summed E-state index contributed by atoms with van der Waals surface area (Å²) in [6.07, 6.45) is 3.53. The van der Waals surface area contributed by atoms with Crippen molar-refractivity contribution >= 4 is 9.84 Å². The molecule has 0 unspecified atom stereocenters. The minimum Gasteiger partial charge on any atom is -0.384 e. The van der Waals surface area contributed by atoms with Gasteiger partial charge in [-0.1, -0.05) is 0 Å². The fourth-order valence-corrected chi connectivity index (χ4v) is 3.40. The lowest BCUT2D eigenvalue weighted by Gasteiger charge is -2.26. The molecular formula is C9H19NO3S. The van der Waals surface area contributed by atoms with E-state index in [1.54, 1.807) is 7.11 Å². The van der Waals surface area contributed by atoms with Gasteiger partial charge in [0, 0.05) is 25.3 Å². The van der Waals surface area contributed by atoms with E-state index in [1.165, 1.54) is 6.26 Å². The zero-order valence-electron chi connectivity index (χ0n) is 8.82. The van der Waals surface area contributed by atoms with E-state index in [9.17, 15) is 8.42 Å². The van der Waals surface area contributed by atoms with Crippen LogP contribution in [0.15, 0.2) is 0 Å². The Bertz CT molecular complexity index is 288. The number of hydrogen-bond donors (Lipinski definition) is 1. The van der Waals surface area contributed by atoms with Gasteiger partial charge in [0.05, 0.1) is 11.9 Å². The van der Waals surface area contributed by atoms with E-state index in [0.29, 0.717) is 19.6 Å². The maximum absolute atomic E-state index is 11.4. The summed E-state index contributed by atoms with van der Waals surface area (Å²) in [6.45, 7) is 1.07. The highest BCUT2D eigenvalue weighted by molar-refractivity contribution is 7.91. The Morgan fingerprint density at radius 2 is 2.21 bits per heavy atom. The van der Waals surface area contributed by atoms with Crippen LogP contribution in [0, 0.1) is 5.41 Å². The first kappa shape index (κ1) is 11.9. The molecule has 4 nitrogen and oxygen atoms in total. The first-order valence-electron chi connectivity index (χ1n) is 4.81. The zero-order valence-corrected chi connectivity index (χ0v) is 9.64. The molecule has 0 aromatic rings. The Balaban J connectivity index is 2.71. The lowest BCUT2D eigenvalue weighted by atomic mass is 9.87. The second-order valence-corrected chi connectivity index (χ2v) is 6.66. The topological polar surface area (TPSA) is 69.4 Å². The molecule has 84 valence electrons. The molecule has 0 radical (unpaired) electrons. The Morgan fingerprint density at radius 3 is 2.57 bits per heavy atom. The average molecular weight is 221 g/mol. The van der Waals surface area contributed by atoms with E-state index in [1.807, 2.05) is 0 Å². The van der Waals surface area contributed by atoms with Gasteiger partial charge < -0.3 is 10.5 Å². The molecule has 1 aliphatic rings. The Kier molecular flexibility index (Phi) is 3.55. The average Bonchev–Trinajstić information content (AvgIpc) is 2.50. The number of hydrogen-bond acceptors (Lipinski definition) is 4. The van der Waals surface area contributed by atoms with Gasteiger partial charge in [0.25, 0.3) is 0 Å². The van der Waals surface area contributed by atoms with Crippen LogP contribution in [0.2, 0.25) is 0 Å². The highest BCUT2D eigenvalue weighted by Crippen LogP contribution is 2.40. The zero-order chi connectivity index (χ0) is 10.8. The standard InChI is InChI=1S/C9H19NO3S/c1-13-7-9(6-10)4-3-8(5-9)14(2,11)12/h8H,3-7,10H2,1-2H3/t8-,9+/m0/s1. The number of ether oxygens (including phenoxy) is 1. The van der Waals surface area contributed by atoms with E-state index in [-0.39, 0.29) is 10.7 Å². The molecule has 0 bridgehead atoms. The molecule has 5 heteroatoms. The lowest BCUT2D eigenvalue weighted by molar-refractivity contribution is 0.0895. The van der Waals surface area contributed by atoms with Crippen LogP contribution in [0.3, 0.4) is 0 Å². The number of nitrogens with two attached hydrogens (primary N) is 1. The summed E-state index contributed by atoms with van der Waals surface area (Å²) < 4.78 is 27.8. The highest BCUT2D eigenvalue weighted by Gasteiger charge is 2.41. The Hall–Kier alpha value is -0.130. The quantitative estimate of drug-likeness (QED) is 0.735. The number of sulfone groups is 1. The summed E-state index contributed by atoms with van der Waals surface area (Å²) in [6, 6.07) is 0. The predicted molar refractivity (Wildman–Crippen MR) is 55.8 cm³/mol. The first-order valence-corrected chi connectivity index (χ1v) is 6.77. The fourth-order valence-electron chi connectivity index (χ4n) is 2.20. The van der Waals surface area contributed by atoms with Gasteiger partial charge in [-0.3, -0.25) is 0 Å². The van der Waals surface area contributed by atoms with Gasteiger partial charge in [-0.05, 0) is 19.3 Å². The van der Waals surface area contributed by atoms with E-state index in [4.69, 9.17) is 10.5 Å². The third kappa shape index (κ3) is 2.46. The molecule has 0 saturated heterocycles. The summed E-state index contributed by atoms with van der Waals surface area (Å²) >= 11 is 0. The molecule has 1 aliphatic carbocycles. The van der Waals surface area contributed by atoms with Gasteiger partial charge in [0.15, 0.2) is 0 Å². The van der Waals surface area contributed by atoms with Gasteiger partial charge in [-0.25, -0.2) is 8.42 Å². The summed E-state index contributed by atoms with van der Waals surface area (Å²) in [5.41, 5.74) is 5.58. The second-order valence-electron chi connectivity index (χ2n) is 4.33. The van der Waals surface area contributed by atoms with Crippen LogP contribution in [0.4, 0.5) is 0 Å². The van der Waals surface area contributed by atoms with Crippen molar-refractivity contribution in [1.29, 1.82) is 0 Å². The van der Waals surface area contributed by atoms with Crippen molar-refractivity contribution in [2.24, 2.45) is 11.1 Å². The van der Waals surface area contributed by atoms with Gasteiger partial charge in [-0.15, -0.1) is 0 Å². The summed E-state index contributed by atoms with van der Waals surface area (Å²) in [7, 11) is -1.28. The van der Waals surface area contributed by atoms with E-state index in [2.05, 4.69) is 0 Å². The van der Waals surface area contributed by atoms with Crippen molar-refractivity contribution in [2.45, 2.75) is 24.5 Å². The molecule has 14 heavy (non-hydrogen) atoms. The van der Waals surface area contributed by atoms with Gasteiger partial charge in [0.2, 0.25) is 0 Å². The Labute approximate surface area is 85.7 Å². The minimum atomic E-state index is -2.91. The van der Waals surface area contributed by atoms with Crippen LogP contribution in [0.5, 0.6) is 0 Å². The van der Waals surface area contributed by atoms with Crippen LogP contribution in [0.1, 0.15) is 19.3 Å². The van der Waals surface area contributed by atoms with Crippen molar-refractivity contribution < 1.29 is 13.2 Å². The first-order chi connectivity index (χ1) is 6.43. The molecule has 1 saturated carbocycles. The third-order valence-corrected chi connectivity index (χ3v) is 4.76. The Morgan fingerprint density at radius 1 is 1.57 bits per heavy atom. The van der Waals surface area contributed by atoms with Crippen molar-refractivity contribution in [3.8, 4) is 0 Å². The number of rotatable bonds is 4. The van der Waals surface area contributed by atoms with E-state index < -0.39 is 9.84 Å². The molecular weight excluding hydrogens is 202 g/mol. The molecule has 1 fully saturated rings. The monoisotopic (exact) mass is 221 g/mol. The maximum atomic E-state index is 11.4. The fraction of sp³-hybridized carbons (Fsp3) is 1.00.